The molecule has 0 spiro atoms. The van der Waals surface area contributed by atoms with Crippen LogP contribution in [0.3, 0.4) is 0 Å². The van der Waals surface area contributed by atoms with Crippen LogP contribution in [-0.4, -0.2) is 204 Å². The second-order valence-electron chi connectivity index (χ2n) is 27.1. The molecule has 1 aliphatic carbocycles. The van der Waals surface area contributed by atoms with Crippen LogP contribution < -0.4 is 0 Å². The predicted molar refractivity (Wildman–Crippen MR) is 370 cm³/mol. The van der Waals surface area contributed by atoms with Crippen molar-refractivity contribution in [1.29, 1.82) is 0 Å². The molecule has 2 saturated heterocycles. The zero-order valence-corrected chi connectivity index (χ0v) is 60.5. The molecule has 0 bridgehead atoms. The Morgan fingerprint density at radius 3 is 1.24 bits per heavy atom. The van der Waals surface area contributed by atoms with Gasteiger partial charge in [0.15, 0.2) is 18.7 Å². The van der Waals surface area contributed by atoms with E-state index in [1.165, 1.54) is 128 Å². The molecule has 11 N–H and O–H groups in total. The van der Waals surface area contributed by atoms with Crippen LogP contribution in [0.5, 0.6) is 0 Å². The van der Waals surface area contributed by atoms with E-state index in [9.17, 15) is 74.9 Å². The van der Waals surface area contributed by atoms with E-state index in [1.54, 1.807) is 6.08 Å². The lowest BCUT2D eigenvalue weighted by molar-refractivity contribution is -0.360. The molecule has 0 aromatic carbocycles. The molecular weight excluding hydrogens is 1290 g/mol. The molecular formula is C73H131O24P. The molecule has 0 radical (unpaired) electrons. The van der Waals surface area contributed by atoms with Gasteiger partial charge in [-0.25, -0.2) is 9.36 Å². The van der Waals surface area contributed by atoms with Crippen molar-refractivity contribution in [3.05, 3.63) is 36.5 Å². The first-order valence-electron chi connectivity index (χ1n) is 37.8. The summed E-state index contributed by atoms with van der Waals surface area (Å²) in [5, 5.41) is 110. The van der Waals surface area contributed by atoms with Crippen LogP contribution in [0, 0.1) is 0 Å². The maximum Gasteiger partial charge on any atom is 0.472 e. The van der Waals surface area contributed by atoms with Crippen LogP contribution in [0.15, 0.2) is 36.5 Å². The Bertz CT molecular complexity index is 2170. The zero-order chi connectivity index (χ0) is 71.8. The quantitative estimate of drug-likeness (QED) is 0.00513. The first-order valence-corrected chi connectivity index (χ1v) is 39.3. The highest BCUT2D eigenvalue weighted by Gasteiger charge is 2.58. The van der Waals surface area contributed by atoms with Crippen molar-refractivity contribution in [2.45, 2.75) is 382 Å². The smallest absolute Gasteiger partial charge is 0.463 e. The molecule has 0 aromatic rings. The summed E-state index contributed by atoms with van der Waals surface area (Å²) in [5.74, 6) is -2.25. The molecule has 0 amide bonds. The van der Waals surface area contributed by atoms with Gasteiger partial charge in [0.1, 0.15) is 98.7 Å². The SMILES string of the molecule is CCCCCC/C=C\CCCCCCCCCC(=O)OC(COC(=O)/C=C/C=C/CCCCCCCCCCCCC)COP(=O)(O)OC1C(OC2OC(CO)C(O)C(O)C2O)C(O)C(O)C(O)C1OC1OC(COC(=O)CCCCCCCCCCCCCCC)C(O)C(O)C1O. The largest absolute Gasteiger partial charge is 0.472 e. The number of phosphoric acid groups is 1. The Hall–Kier alpha value is -2.82. The van der Waals surface area contributed by atoms with Gasteiger partial charge in [0, 0.05) is 18.9 Å². The summed E-state index contributed by atoms with van der Waals surface area (Å²) in [5.41, 5.74) is 0. The van der Waals surface area contributed by atoms with Crippen molar-refractivity contribution < 1.29 is 117 Å². The van der Waals surface area contributed by atoms with Crippen molar-refractivity contribution in [3.63, 3.8) is 0 Å². The van der Waals surface area contributed by atoms with Gasteiger partial charge in [-0.2, -0.15) is 0 Å². The van der Waals surface area contributed by atoms with Gasteiger partial charge in [-0.1, -0.05) is 244 Å². The fourth-order valence-corrected chi connectivity index (χ4v) is 13.3. The summed E-state index contributed by atoms with van der Waals surface area (Å²) in [6.45, 7) is 3.31. The van der Waals surface area contributed by atoms with E-state index in [-0.39, 0.29) is 12.8 Å². The van der Waals surface area contributed by atoms with Crippen LogP contribution in [0.1, 0.15) is 278 Å². The maximum absolute atomic E-state index is 14.3. The molecule has 24 nitrogen and oxygen atoms in total. The summed E-state index contributed by atoms with van der Waals surface area (Å²) in [6.07, 6.45) is 17.0. The van der Waals surface area contributed by atoms with Crippen LogP contribution in [-0.2, 0) is 61.2 Å². The third kappa shape index (κ3) is 37.6. The van der Waals surface area contributed by atoms with Crippen molar-refractivity contribution in [2.24, 2.45) is 0 Å². The summed E-state index contributed by atoms with van der Waals surface area (Å²) in [4.78, 5) is 50.9. The van der Waals surface area contributed by atoms with Crippen molar-refractivity contribution in [1.82, 2.24) is 0 Å². The number of aliphatic hydroxyl groups is 10. The third-order valence-electron chi connectivity index (χ3n) is 18.5. The van der Waals surface area contributed by atoms with Gasteiger partial charge in [0.25, 0.3) is 0 Å². The fraction of sp³-hybridized carbons (Fsp3) is 0.877. The number of aliphatic hydroxyl groups excluding tert-OH is 10. The zero-order valence-electron chi connectivity index (χ0n) is 59.6. The van der Waals surface area contributed by atoms with Crippen LogP contribution in [0.2, 0.25) is 0 Å². The number of unbranched alkanes of at least 4 members (excludes halogenated alkanes) is 34. The molecule has 572 valence electrons. The third-order valence-corrected chi connectivity index (χ3v) is 19.5. The van der Waals surface area contributed by atoms with E-state index >= 15 is 0 Å². The molecule has 18 unspecified atom stereocenters. The molecule has 3 aliphatic rings. The Labute approximate surface area is 585 Å². The van der Waals surface area contributed by atoms with Crippen LogP contribution >= 0.6 is 7.82 Å². The molecule has 3 rings (SSSR count). The first kappa shape index (κ1) is 89.4. The lowest BCUT2D eigenvalue weighted by Crippen LogP contribution is -2.69. The second kappa shape index (κ2) is 54.8. The number of ether oxygens (including phenoxy) is 7. The highest BCUT2D eigenvalue weighted by atomic mass is 31.2. The normalized spacial score (nSPS) is 27.8. The highest BCUT2D eigenvalue weighted by molar-refractivity contribution is 7.47. The molecule has 1 saturated carbocycles. The van der Waals surface area contributed by atoms with Gasteiger partial charge >= 0.3 is 25.7 Å². The summed E-state index contributed by atoms with van der Waals surface area (Å²) in [6, 6.07) is 0. The van der Waals surface area contributed by atoms with E-state index < -0.39 is 156 Å². The topological polar surface area (TPSA) is 374 Å². The van der Waals surface area contributed by atoms with Crippen molar-refractivity contribution in [2.75, 3.05) is 26.4 Å². The van der Waals surface area contributed by atoms with Crippen molar-refractivity contribution in [3.8, 4) is 0 Å². The molecule has 3 fully saturated rings. The number of hydrogen-bond acceptors (Lipinski definition) is 23. The Kier molecular flexibility index (Phi) is 50.0. The monoisotopic (exact) mass is 1420 g/mol. The number of allylic oxidation sites excluding steroid dienone is 5. The Balaban J connectivity index is 1.76. The lowest BCUT2D eigenvalue weighted by atomic mass is 9.84. The standard InChI is InChI=1S/C73H131O24P/c1-4-7-10-13-16-19-22-25-27-30-33-35-38-41-44-47-57(75)89-51-54(92-59(77)49-46-43-40-37-34-31-28-26-23-20-17-14-11-8-5-2)52-91-98(87,88)97-71-69(95-72-67(85)62(80)60(78)55(50-74)93-72)65(83)64(82)66(84)70(71)96-73-68(86)63(81)61(79)56(94-73)53-90-58(76)48-45-42-39-36-32-29-24-21-18-15-12-9-6-3/h20,23,38,41,44,47,54-56,60-74,78-86H,4-19,21-22,24-37,39-40,42-43,45-46,48-53H2,1-3H3,(H,87,88)/b23-20-,41-38+,47-44+. The number of carbonyl (C=O) groups is 3. The Morgan fingerprint density at radius 2 is 0.796 bits per heavy atom. The first-order chi connectivity index (χ1) is 47.3. The number of hydrogen-bond donors (Lipinski definition) is 11. The molecule has 25 heteroatoms. The van der Waals surface area contributed by atoms with E-state index in [1.807, 2.05) is 6.08 Å². The van der Waals surface area contributed by atoms with Crippen LogP contribution in [0.25, 0.3) is 0 Å². The van der Waals surface area contributed by atoms with E-state index in [0.717, 1.165) is 109 Å². The van der Waals surface area contributed by atoms with Gasteiger partial charge < -0.3 is 89.1 Å². The molecule has 98 heavy (non-hydrogen) atoms. The number of carbonyl (C=O) groups excluding carboxylic acids is 3. The average molecular weight is 1420 g/mol. The number of rotatable bonds is 58. The molecule has 18 atom stereocenters. The van der Waals surface area contributed by atoms with Gasteiger partial charge in [-0.05, 0) is 51.4 Å². The fourth-order valence-electron chi connectivity index (χ4n) is 12.3. The minimum Gasteiger partial charge on any atom is -0.463 e. The summed E-state index contributed by atoms with van der Waals surface area (Å²) < 4.78 is 64.8. The maximum atomic E-state index is 14.3. The molecule has 2 heterocycles. The van der Waals surface area contributed by atoms with E-state index in [4.69, 9.17) is 42.2 Å². The number of phosphoric ester groups is 1. The predicted octanol–water partition coefficient (Wildman–Crippen LogP) is 10.3. The molecule has 2 aliphatic heterocycles. The minimum atomic E-state index is -5.72. The average Bonchev–Trinajstić information content (AvgIpc) is 0.762. The second-order valence-corrected chi connectivity index (χ2v) is 28.5. The minimum absolute atomic E-state index is 0.0274. The van der Waals surface area contributed by atoms with Gasteiger partial charge in [-0.3, -0.25) is 18.6 Å². The van der Waals surface area contributed by atoms with E-state index in [2.05, 4.69) is 32.9 Å². The highest BCUT2D eigenvalue weighted by Crippen LogP contribution is 2.49. The molecule has 0 aromatic heterocycles. The van der Waals surface area contributed by atoms with E-state index in [0.29, 0.717) is 19.3 Å². The summed E-state index contributed by atoms with van der Waals surface area (Å²) >= 11 is 0. The van der Waals surface area contributed by atoms with Gasteiger partial charge in [0.2, 0.25) is 0 Å². The lowest BCUT2D eigenvalue weighted by Gasteiger charge is -2.49. The Morgan fingerprint density at radius 1 is 0.418 bits per heavy atom. The van der Waals surface area contributed by atoms with Gasteiger partial charge in [-0.15, -0.1) is 0 Å². The van der Waals surface area contributed by atoms with Gasteiger partial charge in [0.05, 0.1) is 13.2 Å². The number of esters is 3. The summed E-state index contributed by atoms with van der Waals surface area (Å²) in [7, 11) is -5.72. The van der Waals surface area contributed by atoms with Crippen LogP contribution in [0.4, 0.5) is 0 Å². The van der Waals surface area contributed by atoms with Crippen molar-refractivity contribution >= 4 is 25.7 Å².